The molecule has 1 atom stereocenters. The molecule has 1 aliphatic heterocycles. The molecule has 0 spiro atoms. The Morgan fingerprint density at radius 1 is 1.71 bits per heavy atom. The number of nitrogens with zero attached hydrogens (tertiary/aromatic N) is 3. The first-order valence-electron chi connectivity index (χ1n) is 6.06. The predicted octanol–water partition coefficient (Wildman–Crippen LogP) is 1.60. The van der Waals surface area contributed by atoms with E-state index in [4.69, 9.17) is 0 Å². The zero-order valence-electron chi connectivity index (χ0n) is 10.1. The molecule has 1 aromatic rings. The van der Waals surface area contributed by atoms with Crippen molar-refractivity contribution in [2.75, 3.05) is 25.0 Å². The molecule has 0 bridgehead atoms. The van der Waals surface area contributed by atoms with Crippen LogP contribution in [-0.4, -0.2) is 40.6 Å². The highest BCUT2D eigenvalue weighted by atomic mass is 32.1. The number of hydrogen-bond acceptors (Lipinski definition) is 5. The molecule has 17 heavy (non-hydrogen) atoms. The SMILES string of the molecule is CCC1CCCN(CC(=O)Nc2nncs2)C1. The van der Waals surface area contributed by atoms with Crippen molar-refractivity contribution in [2.24, 2.45) is 5.92 Å². The standard InChI is InChI=1S/C11H18N4OS/c1-2-9-4-3-5-15(6-9)7-10(16)13-11-14-12-8-17-11/h8-9H,2-7H2,1H3,(H,13,14,16). The Kier molecular flexibility index (Phi) is 4.44. The maximum absolute atomic E-state index is 11.8. The Balaban J connectivity index is 1.78. The lowest BCUT2D eigenvalue weighted by molar-refractivity contribution is -0.117. The molecule has 2 heterocycles. The minimum absolute atomic E-state index is 0.0125. The lowest BCUT2D eigenvalue weighted by Gasteiger charge is -2.31. The van der Waals surface area contributed by atoms with Gasteiger partial charge >= 0.3 is 0 Å². The second-order valence-electron chi connectivity index (χ2n) is 4.44. The van der Waals surface area contributed by atoms with Crippen LogP contribution in [0.3, 0.4) is 0 Å². The molecule has 5 nitrogen and oxygen atoms in total. The molecule has 2 rings (SSSR count). The third-order valence-corrected chi connectivity index (χ3v) is 3.76. The smallest absolute Gasteiger partial charge is 0.240 e. The van der Waals surface area contributed by atoms with Crippen molar-refractivity contribution in [1.82, 2.24) is 15.1 Å². The number of aromatic nitrogens is 2. The highest BCUT2D eigenvalue weighted by molar-refractivity contribution is 7.13. The Hall–Kier alpha value is -1.01. The van der Waals surface area contributed by atoms with Crippen molar-refractivity contribution >= 4 is 22.4 Å². The van der Waals surface area contributed by atoms with E-state index in [0.717, 1.165) is 19.0 Å². The van der Waals surface area contributed by atoms with Crippen LogP contribution in [0.4, 0.5) is 5.13 Å². The van der Waals surface area contributed by atoms with E-state index in [9.17, 15) is 4.79 Å². The van der Waals surface area contributed by atoms with E-state index in [-0.39, 0.29) is 5.91 Å². The van der Waals surface area contributed by atoms with Gasteiger partial charge in [-0.25, -0.2) is 0 Å². The highest BCUT2D eigenvalue weighted by Crippen LogP contribution is 2.18. The molecule has 0 aliphatic carbocycles. The molecule has 1 N–H and O–H groups in total. The average Bonchev–Trinajstić information content (AvgIpc) is 2.82. The summed E-state index contributed by atoms with van der Waals surface area (Å²) in [6.07, 6.45) is 3.70. The topological polar surface area (TPSA) is 58.1 Å². The molecule has 0 saturated carbocycles. The van der Waals surface area contributed by atoms with Crippen molar-refractivity contribution < 1.29 is 4.79 Å². The lowest BCUT2D eigenvalue weighted by Crippen LogP contribution is -2.40. The van der Waals surface area contributed by atoms with Gasteiger partial charge in [0.05, 0.1) is 6.54 Å². The first-order chi connectivity index (χ1) is 8.28. The summed E-state index contributed by atoms with van der Waals surface area (Å²) < 4.78 is 0. The first kappa shape index (κ1) is 12.4. The van der Waals surface area contributed by atoms with E-state index in [0.29, 0.717) is 11.7 Å². The van der Waals surface area contributed by atoms with Crippen LogP contribution in [0.1, 0.15) is 26.2 Å². The van der Waals surface area contributed by atoms with E-state index >= 15 is 0 Å². The van der Waals surface area contributed by atoms with E-state index in [2.05, 4.69) is 27.3 Å². The molecule has 1 saturated heterocycles. The summed E-state index contributed by atoms with van der Waals surface area (Å²) in [4.78, 5) is 14.0. The molecular formula is C11H18N4OS. The summed E-state index contributed by atoms with van der Waals surface area (Å²) >= 11 is 1.35. The summed E-state index contributed by atoms with van der Waals surface area (Å²) in [7, 11) is 0. The van der Waals surface area contributed by atoms with Gasteiger partial charge in [-0.3, -0.25) is 15.0 Å². The van der Waals surface area contributed by atoms with Crippen LogP contribution >= 0.6 is 11.3 Å². The van der Waals surface area contributed by atoms with E-state index in [1.807, 2.05) is 0 Å². The third kappa shape index (κ3) is 3.74. The predicted molar refractivity (Wildman–Crippen MR) is 68.0 cm³/mol. The van der Waals surface area contributed by atoms with Gasteiger partial charge in [0, 0.05) is 6.54 Å². The number of amides is 1. The zero-order chi connectivity index (χ0) is 12.1. The fourth-order valence-electron chi connectivity index (χ4n) is 2.22. The maximum atomic E-state index is 11.8. The summed E-state index contributed by atoms with van der Waals surface area (Å²) in [5, 5.41) is 10.8. The van der Waals surface area contributed by atoms with Gasteiger partial charge in [0.2, 0.25) is 11.0 Å². The first-order valence-corrected chi connectivity index (χ1v) is 6.94. The zero-order valence-corrected chi connectivity index (χ0v) is 10.9. The number of piperidine rings is 1. The molecule has 0 aromatic carbocycles. The third-order valence-electron chi connectivity index (χ3n) is 3.15. The van der Waals surface area contributed by atoms with Gasteiger partial charge in [0.25, 0.3) is 0 Å². The quantitative estimate of drug-likeness (QED) is 0.886. The fraction of sp³-hybridized carbons (Fsp3) is 0.727. The highest BCUT2D eigenvalue weighted by Gasteiger charge is 2.20. The second-order valence-corrected chi connectivity index (χ2v) is 5.28. The van der Waals surface area contributed by atoms with Gasteiger partial charge in [-0.2, -0.15) is 0 Å². The summed E-state index contributed by atoms with van der Waals surface area (Å²) in [6, 6.07) is 0. The van der Waals surface area contributed by atoms with Gasteiger partial charge in [0.15, 0.2) is 0 Å². The monoisotopic (exact) mass is 254 g/mol. The van der Waals surface area contributed by atoms with E-state index in [1.54, 1.807) is 5.51 Å². The number of anilines is 1. The van der Waals surface area contributed by atoms with Gasteiger partial charge < -0.3 is 0 Å². The molecule has 1 aromatic heterocycles. The molecule has 0 radical (unpaired) electrons. The van der Waals surface area contributed by atoms with Crippen LogP contribution in [0.2, 0.25) is 0 Å². The van der Waals surface area contributed by atoms with Gasteiger partial charge in [-0.1, -0.05) is 24.7 Å². The van der Waals surface area contributed by atoms with Crippen molar-refractivity contribution in [3.8, 4) is 0 Å². The summed E-state index contributed by atoms with van der Waals surface area (Å²) in [5.74, 6) is 0.761. The molecule has 1 aliphatic rings. The van der Waals surface area contributed by atoms with Crippen LogP contribution in [0, 0.1) is 5.92 Å². The minimum atomic E-state index is 0.0125. The van der Waals surface area contributed by atoms with Gasteiger partial charge in [-0.15, -0.1) is 10.2 Å². The van der Waals surface area contributed by atoms with Gasteiger partial charge in [-0.05, 0) is 25.3 Å². The molecule has 1 unspecified atom stereocenters. The van der Waals surface area contributed by atoms with Gasteiger partial charge in [0.1, 0.15) is 5.51 Å². The summed E-state index contributed by atoms with van der Waals surface area (Å²) in [6.45, 7) is 4.76. The number of likely N-dealkylation sites (tertiary alicyclic amines) is 1. The lowest BCUT2D eigenvalue weighted by atomic mass is 9.96. The van der Waals surface area contributed by atoms with Crippen LogP contribution in [0.5, 0.6) is 0 Å². The van der Waals surface area contributed by atoms with Crippen LogP contribution in [0.15, 0.2) is 5.51 Å². The number of carbonyl (C=O) groups is 1. The normalized spacial score (nSPS) is 21.4. The molecular weight excluding hydrogens is 236 g/mol. The molecule has 94 valence electrons. The number of hydrogen-bond donors (Lipinski definition) is 1. The van der Waals surface area contributed by atoms with Crippen molar-refractivity contribution in [3.63, 3.8) is 0 Å². The Morgan fingerprint density at radius 3 is 3.29 bits per heavy atom. The minimum Gasteiger partial charge on any atom is -0.299 e. The van der Waals surface area contributed by atoms with Crippen LogP contribution in [0.25, 0.3) is 0 Å². The molecule has 6 heteroatoms. The second kappa shape index (κ2) is 6.07. The molecule has 1 fully saturated rings. The fourth-order valence-corrected chi connectivity index (χ4v) is 2.68. The van der Waals surface area contributed by atoms with E-state index in [1.165, 1.54) is 30.6 Å². The number of rotatable bonds is 4. The van der Waals surface area contributed by atoms with Crippen molar-refractivity contribution in [1.29, 1.82) is 0 Å². The van der Waals surface area contributed by atoms with Crippen LogP contribution < -0.4 is 5.32 Å². The number of nitrogens with one attached hydrogen (secondary N) is 1. The van der Waals surface area contributed by atoms with Crippen molar-refractivity contribution in [2.45, 2.75) is 26.2 Å². The molecule has 1 amide bonds. The maximum Gasteiger partial charge on any atom is 0.240 e. The Labute approximate surface area is 105 Å². The van der Waals surface area contributed by atoms with E-state index < -0.39 is 0 Å². The van der Waals surface area contributed by atoms with Crippen LogP contribution in [-0.2, 0) is 4.79 Å². The van der Waals surface area contributed by atoms with Crippen molar-refractivity contribution in [3.05, 3.63) is 5.51 Å². The Morgan fingerprint density at radius 2 is 2.59 bits per heavy atom. The summed E-state index contributed by atoms with van der Waals surface area (Å²) in [5.41, 5.74) is 1.61. The number of carbonyl (C=O) groups excluding carboxylic acids is 1. The largest absolute Gasteiger partial charge is 0.299 e. The Bertz CT molecular complexity index is 354. The average molecular weight is 254 g/mol.